The highest BCUT2D eigenvalue weighted by atomic mass is 79.9. The fourth-order valence-electron chi connectivity index (χ4n) is 2.59. The number of rotatable bonds is 1. The molecule has 2 nitrogen and oxygen atoms in total. The molecule has 0 unspecified atom stereocenters. The largest absolute Gasteiger partial charge is 0.398 e. The maximum absolute atomic E-state index is 6.04. The van der Waals surface area contributed by atoms with Gasteiger partial charge in [-0.1, -0.05) is 28.1 Å². The third-order valence-corrected chi connectivity index (χ3v) is 4.01. The SMILES string of the molecule is Cc1cc(Br)ccc1N1Cc2cccc(N)c2C1. The summed E-state index contributed by atoms with van der Waals surface area (Å²) in [7, 11) is 0. The maximum Gasteiger partial charge on any atom is 0.0457 e. The standard InChI is InChI=1S/C15H15BrN2/c1-10-7-12(16)5-6-15(10)18-8-11-3-2-4-14(17)13(11)9-18/h2-7H,8-9,17H2,1H3. The minimum atomic E-state index is 0.907. The molecule has 2 aromatic carbocycles. The molecule has 1 aliphatic heterocycles. The number of nitrogens with zero attached hydrogens (tertiary/aromatic N) is 1. The summed E-state index contributed by atoms with van der Waals surface area (Å²) in [6, 6.07) is 12.6. The Balaban J connectivity index is 1.96. The Morgan fingerprint density at radius 3 is 2.72 bits per heavy atom. The summed E-state index contributed by atoms with van der Waals surface area (Å²) in [4.78, 5) is 2.38. The zero-order valence-electron chi connectivity index (χ0n) is 10.3. The molecule has 1 heterocycles. The predicted molar refractivity (Wildman–Crippen MR) is 79.6 cm³/mol. The Morgan fingerprint density at radius 2 is 2.00 bits per heavy atom. The van der Waals surface area contributed by atoms with E-state index in [0.29, 0.717) is 0 Å². The highest BCUT2D eigenvalue weighted by Crippen LogP contribution is 2.33. The molecule has 3 heteroatoms. The quantitative estimate of drug-likeness (QED) is 0.811. The van der Waals surface area contributed by atoms with Gasteiger partial charge >= 0.3 is 0 Å². The first-order valence-corrected chi connectivity index (χ1v) is 6.82. The lowest BCUT2D eigenvalue weighted by molar-refractivity contribution is 0.875. The molecule has 0 spiro atoms. The summed E-state index contributed by atoms with van der Waals surface area (Å²) >= 11 is 3.51. The van der Waals surface area contributed by atoms with Crippen LogP contribution in [0.4, 0.5) is 11.4 Å². The third-order valence-electron chi connectivity index (χ3n) is 3.52. The first-order chi connectivity index (χ1) is 8.65. The minimum Gasteiger partial charge on any atom is -0.398 e. The molecule has 3 rings (SSSR count). The van der Waals surface area contributed by atoms with Gasteiger partial charge in [-0.05, 0) is 47.9 Å². The van der Waals surface area contributed by atoms with Gasteiger partial charge in [0.05, 0.1) is 0 Å². The van der Waals surface area contributed by atoms with Gasteiger partial charge in [-0.15, -0.1) is 0 Å². The van der Waals surface area contributed by atoms with Crippen LogP contribution in [0.3, 0.4) is 0 Å². The first-order valence-electron chi connectivity index (χ1n) is 6.02. The van der Waals surface area contributed by atoms with Gasteiger partial charge in [-0.2, -0.15) is 0 Å². The topological polar surface area (TPSA) is 29.3 Å². The fraction of sp³-hybridized carbons (Fsp3) is 0.200. The van der Waals surface area contributed by atoms with Gasteiger partial charge in [-0.25, -0.2) is 0 Å². The van der Waals surface area contributed by atoms with E-state index >= 15 is 0 Å². The molecule has 0 fully saturated rings. The summed E-state index contributed by atoms with van der Waals surface area (Å²) in [5, 5.41) is 0. The van der Waals surface area contributed by atoms with Gasteiger partial charge < -0.3 is 10.6 Å². The van der Waals surface area contributed by atoms with Gasteiger partial charge in [0.2, 0.25) is 0 Å². The molecule has 0 amide bonds. The van der Waals surface area contributed by atoms with Gasteiger partial charge in [0.25, 0.3) is 0 Å². The second-order valence-electron chi connectivity index (χ2n) is 4.77. The van der Waals surface area contributed by atoms with E-state index in [1.54, 1.807) is 0 Å². The molecule has 0 atom stereocenters. The van der Waals surface area contributed by atoms with Crippen molar-refractivity contribution < 1.29 is 0 Å². The van der Waals surface area contributed by atoms with Crippen molar-refractivity contribution in [2.75, 3.05) is 10.6 Å². The van der Waals surface area contributed by atoms with Crippen LogP contribution in [0.1, 0.15) is 16.7 Å². The lowest BCUT2D eigenvalue weighted by Gasteiger charge is -2.20. The molecule has 2 N–H and O–H groups in total. The highest BCUT2D eigenvalue weighted by Gasteiger charge is 2.21. The van der Waals surface area contributed by atoms with Crippen molar-refractivity contribution in [3.05, 3.63) is 57.6 Å². The average Bonchev–Trinajstić information content (AvgIpc) is 2.74. The number of nitrogen functional groups attached to an aromatic ring is 1. The molecular formula is C15H15BrN2. The van der Waals surface area contributed by atoms with Crippen molar-refractivity contribution in [2.24, 2.45) is 0 Å². The molecule has 0 saturated heterocycles. The number of nitrogens with two attached hydrogens (primary N) is 1. The molecule has 2 aromatic rings. The summed E-state index contributed by atoms with van der Waals surface area (Å²) in [6.07, 6.45) is 0. The number of hydrogen-bond donors (Lipinski definition) is 1. The Bertz CT molecular complexity index is 607. The molecule has 0 aliphatic carbocycles. The van der Waals surface area contributed by atoms with Crippen LogP contribution in [0.15, 0.2) is 40.9 Å². The summed E-state index contributed by atoms with van der Waals surface area (Å²) in [5.74, 6) is 0. The number of aryl methyl sites for hydroxylation is 1. The van der Waals surface area contributed by atoms with Crippen LogP contribution in [-0.2, 0) is 13.1 Å². The van der Waals surface area contributed by atoms with Gasteiger partial charge in [0.1, 0.15) is 0 Å². The lowest BCUT2D eigenvalue weighted by atomic mass is 10.1. The van der Waals surface area contributed by atoms with Crippen LogP contribution in [0, 0.1) is 6.92 Å². The first kappa shape index (κ1) is 11.6. The minimum absolute atomic E-state index is 0.907. The molecule has 0 aromatic heterocycles. The van der Waals surface area contributed by atoms with E-state index in [-0.39, 0.29) is 0 Å². The number of benzene rings is 2. The van der Waals surface area contributed by atoms with Gasteiger partial charge in [0, 0.05) is 28.9 Å². The number of fused-ring (bicyclic) bond motifs is 1. The summed E-state index contributed by atoms with van der Waals surface area (Å²) in [5.41, 5.74) is 12.1. The lowest BCUT2D eigenvalue weighted by Crippen LogP contribution is -2.15. The fourth-order valence-corrected chi connectivity index (χ4v) is 3.07. The molecule has 1 aliphatic rings. The third kappa shape index (κ3) is 1.89. The van der Waals surface area contributed by atoms with Crippen LogP contribution in [-0.4, -0.2) is 0 Å². The molecule has 18 heavy (non-hydrogen) atoms. The van der Waals surface area contributed by atoms with Crippen molar-refractivity contribution >= 4 is 27.3 Å². The van der Waals surface area contributed by atoms with Crippen molar-refractivity contribution in [2.45, 2.75) is 20.0 Å². The monoisotopic (exact) mass is 302 g/mol. The maximum atomic E-state index is 6.04. The predicted octanol–water partition coefficient (Wildman–Crippen LogP) is 3.86. The second-order valence-corrected chi connectivity index (χ2v) is 5.69. The van der Waals surface area contributed by atoms with E-state index in [1.165, 1.54) is 22.4 Å². The van der Waals surface area contributed by atoms with E-state index in [4.69, 9.17) is 5.73 Å². The molecule has 0 radical (unpaired) electrons. The zero-order valence-corrected chi connectivity index (χ0v) is 11.9. The Kier molecular flexibility index (Phi) is 2.78. The van der Waals surface area contributed by atoms with Crippen molar-refractivity contribution in [3.63, 3.8) is 0 Å². The summed E-state index contributed by atoms with van der Waals surface area (Å²) < 4.78 is 1.12. The number of halogens is 1. The highest BCUT2D eigenvalue weighted by molar-refractivity contribution is 9.10. The van der Waals surface area contributed by atoms with Crippen molar-refractivity contribution in [1.82, 2.24) is 0 Å². The van der Waals surface area contributed by atoms with Crippen LogP contribution >= 0.6 is 15.9 Å². The average molecular weight is 303 g/mol. The van der Waals surface area contributed by atoms with Gasteiger partial charge in [0.15, 0.2) is 0 Å². The van der Waals surface area contributed by atoms with Crippen LogP contribution < -0.4 is 10.6 Å². The number of hydrogen-bond acceptors (Lipinski definition) is 2. The van der Waals surface area contributed by atoms with E-state index in [0.717, 1.165) is 23.2 Å². The number of anilines is 2. The molecular weight excluding hydrogens is 288 g/mol. The van der Waals surface area contributed by atoms with Crippen molar-refractivity contribution in [1.29, 1.82) is 0 Å². The van der Waals surface area contributed by atoms with E-state index in [1.807, 2.05) is 12.1 Å². The van der Waals surface area contributed by atoms with Gasteiger partial charge in [-0.3, -0.25) is 0 Å². The van der Waals surface area contributed by atoms with Crippen LogP contribution in [0.5, 0.6) is 0 Å². The Morgan fingerprint density at radius 1 is 1.17 bits per heavy atom. The van der Waals surface area contributed by atoms with E-state index in [2.05, 4.69) is 52.0 Å². The van der Waals surface area contributed by atoms with Crippen LogP contribution in [0.2, 0.25) is 0 Å². The molecule has 0 bridgehead atoms. The normalized spacial score (nSPS) is 13.8. The van der Waals surface area contributed by atoms with Crippen LogP contribution in [0.25, 0.3) is 0 Å². The van der Waals surface area contributed by atoms with E-state index in [9.17, 15) is 0 Å². The zero-order chi connectivity index (χ0) is 12.7. The Hall–Kier alpha value is -1.48. The van der Waals surface area contributed by atoms with E-state index < -0.39 is 0 Å². The second kappa shape index (κ2) is 4.32. The van der Waals surface area contributed by atoms with Crippen molar-refractivity contribution in [3.8, 4) is 0 Å². The molecule has 92 valence electrons. The smallest absolute Gasteiger partial charge is 0.0457 e. The Labute approximate surface area is 116 Å². The summed E-state index contributed by atoms with van der Waals surface area (Å²) in [6.45, 7) is 4.00. The molecule has 0 saturated carbocycles.